The maximum atomic E-state index is 5.69. The minimum atomic E-state index is 0.536. The highest BCUT2D eigenvalue weighted by atomic mass is 16.5. The summed E-state index contributed by atoms with van der Waals surface area (Å²) >= 11 is 0. The molecule has 4 nitrogen and oxygen atoms in total. The fourth-order valence-electron chi connectivity index (χ4n) is 3.15. The van der Waals surface area contributed by atoms with E-state index in [2.05, 4.69) is 10.2 Å². The molecule has 0 aliphatic carbocycles. The lowest BCUT2D eigenvalue weighted by Gasteiger charge is -2.25. The van der Waals surface area contributed by atoms with E-state index in [0.29, 0.717) is 12.1 Å². The van der Waals surface area contributed by atoms with Crippen LogP contribution in [0.15, 0.2) is 0 Å². The van der Waals surface area contributed by atoms with Crippen LogP contribution in [-0.4, -0.2) is 63.5 Å². The van der Waals surface area contributed by atoms with Gasteiger partial charge >= 0.3 is 0 Å². The topological polar surface area (TPSA) is 33.7 Å². The molecule has 112 valence electrons. The molecule has 1 N–H and O–H groups in total. The first-order valence-electron chi connectivity index (χ1n) is 7.95. The molecule has 2 saturated heterocycles. The zero-order valence-corrected chi connectivity index (χ0v) is 12.4. The molecular weight excluding hydrogens is 240 g/mol. The fraction of sp³-hybridized carbons (Fsp3) is 1.00. The van der Waals surface area contributed by atoms with Gasteiger partial charge in [0, 0.05) is 32.8 Å². The molecule has 0 aromatic carbocycles. The van der Waals surface area contributed by atoms with Crippen molar-refractivity contribution in [1.29, 1.82) is 0 Å². The first-order chi connectivity index (χ1) is 9.38. The second kappa shape index (κ2) is 8.90. The summed E-state index contributed by atoms with van der Waals surface area (Å²) < 4.78 is 10.9. The van der Waals surface area contributed by atoms with Gasteiger partial charge in [-0.25, -0.2) is 0 Å². The third-order valence-electron chi connectivity index (χ3n) is 4.28. The van der Waals surface area contributed by atoms with Crippen molar-refractivity contribution in [2.24, 2.45) is 0 Å². The average Bonchev–Trinajstić information content (AvgIpc) is 3.08. The van der Waals surface area contributed by atoms with E-state index < -0.39 is 0 Å². The van der Waals surface area contributed by atoms with Gasteiger partial charge < -0.3 is 14.8 Å². The molecule has 4 heteroatoms. The molecule has 0 aromatic heterocycles. The number of hydrogen-bond donors (Lipinski definition) is 1. The third kappa shape index (κ3) is 5.78. The Morgan fingerprint density at radius 2 is 2.21 bits per heavy atom. The molecule has 2 aliphatic heterocycles. The highest BCUT2D eigenvalue weighted by Gasteiger charge is 2.19. The van der Waals surface area contributed by atoms with Crippen molar-refractivity contribution >= 4 is 0 Å². The molecule has 19 heavy (non-hydrogen) atoms. The Bertz CT molecular complexity index is 226. The van der Waals surface area contributed by atoms with Gasteiger partial charge in [0.1, 0.15) is 0 Å². The van der Waals surface area contributed by atoms with Gasteiger partial charge in [0.15, 0.2) is 0 Å². The van der Waals surface area contributed by atoms with Gasteiger partial charge in [0.05, 0.1) is 12.7 Å². The van der Waals surface area contributed by atoms with Gasteiger partial charge in [-0.15, -0.1) is 0 Å². The zero-order chi connectivity index (χ0) is 13.3. The van der Waals surface area contributed by atoms with Crippen molar-refractivity contribution in [2.45, 2.75) is 50.7 Å². The zero-order valence-electron chi connectivity index (χ0n) is 12.4. The van der Waals surface area contributed by atoms with Crippen LogP contribution < -0.4 is 5.32 Å². The summed E-state index contributed by atoms with van der Waals surface area (Å²) in [5.41, 5.74) is 0. The molecule has 2 atom stereocenters. The van der Waals surface area contributed by atoms with E-state index in [1.54, 1.807) is 7.11 Å². The summed E-state index contributed by atoms with van der Waals surface area (Å²) in [6.45, 7) is 6.42. The minimum absolute atomic E-state index is 0.536. The number of ether oxygens (including phenoxy) is 2. The molecule has 0 spiro atoms. The highest BCUT2D eigenvalue weighted by Crippen LogP contribution is 2.17. The lowest BCUT2D eigenvalue weighted by Crippen LogP contribution is -2.39. The van der Waals surface area contributed by atoms with Crippen LogP contribution in [0.2, 0.25) is 0 Å². The van der Waals surface area contributed by atoms with E-state index in [1.807, 2.05) is 0 Å². The van der Waals surface area contributed by atoms with Crippen LogP contribution in [0.5, 0.6) is 0 Å². The number of methoxy groups -OCH3 is 1. The number of rotatable bonds is 9. The van der Waals surface area contributed by atoms with Crippen LogP contribution in [0.4, 0.5) is 0 Å². The van der Waals surface area contributed by atoms with Crippen molar-refractivity contribution in [1.82, 2.24) is 10.2 Å². The van der Waals surface area contributed by atoms with Crippen LogP contribution in [0.25, 0.3) is 0 Å². The van der Waals surface area contributed by atoms with E-state index in [9.17, 15) is 0 Å². The molecule has 0 amide bonds. The lowest BCUT2D eigenvalue weighted by atomic mass is 10.1. The molecule has 2 unspecified atom stereocenters. The summed E-state index contributed by atoms with van der Waals surface area (Å²) in [4.78, 5) is 2.56. The van der Waals surface area contributed by atoms with Crippen LogP contribution in [0.1, 0.15) is 38.5 Å². The quantitative estimate of drug-likeness (QED) is 0.691. The van der Waals surface area contributed by atoms with Gasteiger partial charge in [0.2, 0.25) is 0 Å². The van der Waals surface area contributed by atoms with E-state index >= 15 is 0 Å². The van der Waals surface area contributed by atoms with E-state index in [4.69, 9.17) is 9.47 Å². The Morgan fingerprint density at radius 3 is 2.89 bits per heavy atom. The van der Waals surface area contributed by atoms with Gasteiger partial charge in [-0.3, -0.25) is 4.90 Å². The Hall–Kier alpha value is -0.160. The summed E-state index contributed by atoms with van der Waals surface area (Å²) in [6.07, 6.45) is 8.19. The smallest absolute Gasteiger partial charge is 0.0589 e. The van der Waals surface area contributed by atoms with E-state index in [1.165, 1.54) is 58.2 Å². The predicted octanol–water partition coefficient (Wildman–Crippen LogP) is 1.65. The normalized spacial score (nSPS) is 27.5. The van der Waals surface area contributed by atoms with E-state index in [0.717, 1.165) is 19.8 Å². The van der Waals surface area contributed by atoms with Gasteiger partial charge in [0.25, 0.3) is 0 Å². The minimum Gasteiger partial charge on any atom is -0.383 e. The average molecular weight is 270 g/mol. The molecule has 2 fully saturated rings. The molecule has 2 aliphatic rings. The van der Waals surface area contributed by atoms with Crippen molar-refractivity contribution in [3.8, 4) is 0 Å². The lowest BCUT2D eigenvalue weighted by molar-refractivity contribution is 0.0948. The molecule has 0 radical (unpaired) electrons. The molecular formula is C15H30N2O2. The van der Waals surface area contributed by atoms with Gasteiger partial charge in [-0.2, -0.15) is 0 Å². The van der Waals surface area contributed by atoms with Crippen LogP contribution in [0, 0.1) is 0 Å². The summed E-state index contributed by atoms with van der Waals surface area (Å²) in [5.74, 6) is 0. The summed E-state index contributed by atoms with van der Waals surface area (Å²) in [7, 11) is 1.79. The molecule has 2 heterocycles. The predicted molar refractivity (Wildman–Crippen MR) is 77.5 cm³/mol. The third-order valence-corrected chi connectivity index (χ3v) is 4.28. The first kappa shape index (κ1) is 15.2. The molecule has 2 rings (SSSR count). The van der Waals surface area contributed by atoms with Crippen LogP contribution in [-0.2, 0) is 9.47 Å². The Labute approximate surface area is 117 Å². The second-order valence-electron chi connectivity index (χ2n) is 5.86. The maximum absolute atomic E-state index is 5.69. The molecule has 0 saturated carbocycles. The van der Waals surface area contributed by atoms with Gasteiger partial charge in [-0.05, 0) is 51.6 Å². The SMILES string of the molecule is COCCN(CCCC1CCCO1)CC1CCCN1. The Kier molecular flexibility index (Phi) is 7.14. The van der Waals surface area contributed by atoms with Crippen LogP contribution >= 0.6 is 0 Å². The largest absolute Gasteiger partial charge is 0.383 e. The monoisotopic (exact) mass is 270 g/mol. The molecule has 0 bridgehead atoms. The van der Waals surface area contributed by atoms with Crippen molar-refractivity contribution in [3.63, 3.8) is 0 Å². The number of hydrogen-bond acceptors (Lipinski definition) is 4. The van der Waals surface area contributed by atoms with E-state index in [-0.39, 0.29) is 0 Å². The fourth-order valence-corrected chi connectivity index (χ4v) is 3.15. The summed E-state index contributed by atoms with van der Waals surface area (Å²) in [6, 6.07) is 0.694. The highest BCUT2D eigenvalue weighted by molar-refractivity contribution is 4.78. The van der Waals surface area contributed by atoms with Crippen LogP contribution in [0.3, 0.4) is 0 Å². The van der Waals surface area contributed by atoms with Crippen molar-refractivity contribution < 1.29 is 9.47 Å². The maximum Gasteiger partial charge on any atom is 0.0589 e. The standard InChI is InChI=1S/C15H30N2O2/c1-18-12-10-17(13-14-5-2-8-16-14)9-3-6-15-7-4-11-19-15/h14-16H,2-13H2,1H3. The number of nitrogens with one attached hydrogen (secondary N) is 1. The number of nitrogens with zero attached hydrogens (tertiary/aromatic N) is 1. The molecule has 0 aromatic rings. The Morgan fingerprint density at radius 1 is 1.26 bits per heavy atom. The Balaban J connectivity index is 1.63. The van der Waals surface area contributed by atoms with Gasteiger partial charge in [-0.1, -0.05) is 0 Å². The van der Waals surface area contributed by atoms with Crippen molar-refractivity contribution in [2.75, 3.05) is 46.5 Å². The summed E-state index contributed by atoms with van der Waals surface area (Å²) in [5, 5.41) is 3.59. The first-order valence-corrected chi connectivity index (χ1v) is 7.95. The second-order valence-corrected chi connectivity index (χ2v) is 5.86. The van der Waals surface area contributed by atoms with Crippen molar-refractivity contribution in [3.05, 3.63) is 0 Å².